The number of nitrogens with two attached hydrogens (primary N) is 1. The first kappa shape index (κ1) is 13.6. The highest BCUT2D eigenvalue weighted by Gasteiger charge is 2.12. The van der Waals surface area contributed by atoms with E-state index in [0.717, 1.165) is 23.5 Å². The standard InChI is InChI=1S/C16H21N3/c1-4-13-7-9-14(10-8-13)19(3)16-15(12(2)17)6-5-11-18-16/h5-12H,4,17H2,1-3H3. The highest BCUT2D eigenvalue weighted by atomic mass is 15.2. The van der Waals surface area contributed by atoms with Crippen LogP contribution in [0, 0.1) is 0 Å². The first-order chi connectivity index (χ1) is 9.13. The molecule has 1 atom stereocenters. The topological polar surface area (TPSA) is 42.2 Å². The zero-order valence-electron chi connectivity index (χ0n) is 11.8. The number of benzene rings is 1. The minimum Gasteiger partial charge on any atom is -0.329 e. The lowest BCUT2D eigenvalue weighted by molar-refractivity contribution is 0.807. The summed E-state index contributed by atoms with van der Waals surface area (Å²) in [6.45, 7) is 4.14. The first-order valence-electron chi connectivity index (χ1n) is 6.66. The predicted octanol–water partition coefficient (Wildman–Crippen LogP) is 3.43. The molecule has 0 bridgehead atoms. The summed E-state index contributed by atoms with van der Waals surface area (Å²) in [5, 5.41) is 0. The van der Waals surface area contributed by atoms with Gasteiger partial charge in [0.1, 0.15) is 5.82 Å². The molecule has 1 unspecified atom stereocenters. The molecule has 0 spiro atoms. The number of aromatic nitrogens is 1. The molecule has 2 rings (SSSR count). The fourth-order valence-electron chi connectivity index (χ4n) is 2.12. The van der Waals surface area contributed by atoms with E-state index < -0.39 is 0 Å². The third kappa shape index (κ3) is 2.93. The van der Waals surface area contributed by atoms with Gasteiger partial charge < -0.3 is 10.6 Å². The monoisotopic (exact) mass is 255 g/mol. The molecule has 0 saturated heterocycles. The normalized spacial score (nSPS) is 12.2. The van der Waals surface area contributed by atoms with Crippen LogP contribution in [0.3, 0.4) is 0 Å². The van der Waals surface area contributed by atoms with Gasteiger partial charge in [-0.15, -0.1) is 0 Å². The minimum absolute atomic E-state index is 0.0268. The lowest BCUT2D eigenvalue weighted by Crippen LogP contribution is -2.17. The van der Waals surface area contributed by atoms with Gasteiger partial charge in [-0.25, -0.2) is 4.98 Å². The minimum atomic E-state index is -0.0268. The van der Waals surface area contributed by atoms with E-state index in [4.69, 9.17) is 5.73 Å². The molecule has 0 aliphatic rings. The summed E-state index contributed by atoms with van der Waals surface area (Å²) in [7, 11) is 2.02. The Labute approximate surface area is 115 Å². The Kier molecular flexibility index (Phi) is 4.17. The van der Waals surface area contributed by atoms with Gasteiger partial charge in [0.15, 0.2) is 0 Å². The Balaban J connectivity index is 2.35. The molecule has 0 radical (unpaired) electrons. The molecule has 1 heterocycles. The molecule has 2 aromatic rings. The van der Waals surface area contributed by atoms with Crippen molar-refractivity contribution >= 4 is 11.5 Å². The van der Waals surface area contributed by atoms with Crippen molar-refractivity contribution in [1.82, 2.24) is 4.98 Å². The van der Waals surface area contributed by atoms with Gasteiger partial charge >= 0.3 is 0 Å². The van der Waals surface area contributed by atoms with Crippen LogP contribution in [-0.2, 0) is 6.42 Å². The van der Waals surface area contributed by atoms with Crippen molar-refractivity contribution in [2.24, 2.45) is 5.73 Å². The number of hydrogen-bond acceptors (Lipinski definition) is 3. The molecule has 100 valence electrons. The van der Waals surface area contributed by atoms with Crippen LogP contribution in [0.4, 0.5) is 11.5 Å². The van der Waals surface area contributed by atoms with Crippen LogP contribution in [-0.4, -0.2) is 12.0 Å². The summed E-state index contributed by atoms with van der Waals surface area (Å²) in [5.41, 5.74) is 9.53. The third-order valence-corrected chi connectivity index (χ3v) is 3.36. The van der Waals surface area contributed by atoms with Gasteiger partial charge in [0.2, 0.25) is 0 Å². The number of hydrogen-bond donors (Lipinski definition) is 1. The Bertz CT molecular complexity index is 532. The Morgan fingerprint density at radius 1 is 1.21 bits per heavy atom. The maximum absolute atomic E-state index is 6.01. The molecule has 1 aromatic heterocycles. The van der Waals surface area contributed by atoms with Crippen LogP contribution in [0.2, 0.25) is 0 Å². The molecular weight excluding hydrogens is 234 g/mol. The molecular formula is C16H21N3. The molecule has 0 amide bonds. The number of anilines is 2. The SMILES string of the molecule is CCc1ccc(N(C)c2ncccc2C(C)N)cc1. The molecule has 19 heavy (non-hydrogen) atoms. The molecule has 1 aromatic carbocycles. The molecule has 0 saturated carbocycles. The lowest BCUT2D eigenvalue weighted by Gasteiger charge is -2.22. The second-order valence-electron chi connectivity index (χ2n) is 4.78. The summed E-state index contributed by atoms with van der Waals surface area (Å²) >= 11 is 0. The largest absolute Gasteiger partial charge is 0.329 e. The Morgan fingerprint density at radius 3 is 2.47 bits per heavy atom. The molecule has 0 fully saturated rings. The molecule has 3 nitrogen and oxygen atoms in total. The van der Waals surface area contributed by atoms with Crippen molar-refractivity contribution in [3.8, 4) is 0 Å². The van der Waals surface area contributed by atoms with Gasteiger partial charge in [-0.3, -0.25) is 0 Å². The molecule has 3 heteroatoms. The summed E-state index contributed by atoms with van der Waals surface area (Å²) in [5.74, 6) is 0.918. The second kappa shape index (κ2) is 5.85. The van der Waals surface area contributed by atoms with Crippen LogP contribution >= 0.6 is 0 Å². The van der Waals surface area contributed by atoms with Crippen LogP contribution in [0.25, 0.3) is 0 Å². The average Bonchev–Trinajstić information content (AvgIpc) is 2.46. The van der Waals surface area contributed by atoms with Crippen molar-refractivity contribution in [3.05, 3.63) is 53.7 Å². The summed E-state index contributed by atoms with van der Waals surface area (Å²) in [6, 6.07) is 12.5. The van der Waals surface area contributed by atoms with Gasteiger partial charge in [-0.05, 0) is 37.1 Å². The van der Waals surface area contributed by atoms with Crippen molar-refractivity contribution in [1.29, 1.82) is 0 Å². The zero-order valence-corrected chi connectivity index (χ0v) is 11.8. The van der Waals surface area contributed by atoms with E-state index in [1.165, 1.54) is 5.56 Å². The quantitative estimate of drug-likeness (QED) is 0.910. The Morgan fingerprint density at radius 2 is 1.89 bits per heavy atom. The van der Waals surface area contributed by atoms with Crippen LogP contribution < -0.4 is 10.6 Å². The zero-order chi connectivity index (χ0) is 13.8. The smallest absolute Gasteiger partial charge is 0.137 e. The predicted molar refractivity (Wildman–Crippen MR) is 80.7 cm³/mol. The number of nitrogens with zero attached hydrogens (tertiary/aromatic N) is 2. The first-order valence-corrected chi connectivity index (χ1v) is 6.66. The summed E-state index contributed by atoms with van der Waals surface area (Å²) in [6.07, 6.45) is 2.86. The Hall–Kier alpha value is -1.87. The van der Waals surface area contributed by atoms with Crippen molar-refractivity contribution < 1.29 is 0 Å². The van der Waals surface area contributed by atoms with Gasteiger partial charge in [-0.1, -0.05) is 25.1 Å². The number of pyridine rings is 1. The van der Waals surface area contributed by atoms with Gasteiger partial charge in [-0.2, -0.15) is 0 Å². The molecule has 2 N–H and O–H groups in total. The van der Waals surface area contributed by atoms with E-state index in [9.17, 15) is 0 Å². The van der Waals surface area contributed by atoms with Gasteiger partial charge in [0.25, 0.3) is 0 Å². The molecule has 0 aliphatic heterocycles. The fourth-order valence-corrected chi connectivity index (χ4v) is 2.12. The van der Waals surface area contributed by atoms with E-state index in [2.05, 4.69) is 41.1 Å². The lowest BCUT2D eigenvalue weighted by atomic mass is 10.1. The number of rotatable bonds is 4. The van der Waals surface area contributed by atoms with Crippen LogP contribution in [0.1, 0.15) is 31.0 Å². The maximum atomic E-state index is 6.01. The van der Waals surface area contributed by atoms with Crippen molar-refractivity contribution in [3.63, 3.8) is 0 Å². The van der Waals surface area contributed by atoms with Crippen molar-refractivity contribution in [2.75, 3.05) is 11.9 Å². The van der Waals surface area contributed by atoms with Gasteiger partial charge in [0.05, 0.1) is 0 Å². The number of aryl methyl sites for hydroxylation is 1. The highest BCUT2D eigenvalue weighted by Crippen LogP contribution is 2.27. The van der Waals surface area contributed by atoms with E-state index in [1.807, 2.05) is 26.1 Å². The third-order valence-electron chi connectivity index (χ3n) is 3.36. The molecule has 0 aliphatic carbocycles. The fraction of sp³-hybridized carbons (Fsp3) is 0.312. The van der Waals surface area contributed by atoms with Crippen LogP contribution in [0.15, 0.2) is 42.6 Å². The van der Waals surface area contributed by atoms with E-state index in [1.54, 1.807) is 6.20 Å². The maximum Gasteiger partial charge on any atom is 0.137 e. The van der Waals surface area contributed by atoms with E-state index in [-0.39, 0.29) is 6.04 Å². The van der Waals surface area contributed by atoms with Gasteiger partial charge in [0, 0.05) is 30.5 Å². The van der Waals surface area contributed by atoms with Crippen LogP contribution in [0.5, 0.6) is 0 Å². The average molecular weight is 255 g/mol. The second-order valence-corrected chi connectivity index (χ2v) is 4.78. The van der Waals surface area contributed by atoms with Crippen molar-refractivity contribution in [2.45, 2.75) is 26.3 Å². The van der Waals surface area contributed by atoms with E-state index in [0.29, 0.717) is 0 Å². The van der Waals surface area contributed by atoms with E-state index >= 15 is 0 Å². The summed E-state index contributed by atoms with van der Waals surface area (Å²) in [4.78, 5) is 6.55. The highest BCUT2D eigenvalue weighted by molar-refractivity contribution is 5.62. The summed E-state index contributed by atoms with van der Waals surface area (Å²) < 4.78 is 0.